The first-order valence-corrected chi connectivity index (χ1v) is 6.01. The normalized spacial score (nSPS) is 13.7. The Bertz CT molecular complexity index is 453. The molecule has 4 heteroatoms. The molecule has 0 bridgehead atoms. The molecule has 0 aliphatic carbocycles. The Hall–Kier alpha value is -1.68. The van der Waals surface area contributed by atoms with Crippen molar-refractivity contribution in [2.24, 2.45) is 5.92 Å². The van der Waals surface area contributed by atoms with Crippen LogP contribution in [-0.2, 0) is 0 Å². The molecule has 0 saturated carbocycles. The summed E-state index contributed by atoms with van der Waals surface area (Å²) in [7, 11) is 4.05. The number of allylic oxidation sites excluding steroid dienone is 1. The summed E-state index contributed by atoms with van der Waals surface area (Å²) in [6, 6.07) is 6.82. The van der Waals surface area contributed by atoms with Crippen molar-refractivity contribution in [2.75, 3.05) is 20.6 Å². The van der Waals surface area contributed by atoms with E-state index in [2.05, 4.69) is 11.8 Å². The second kappa shape index (κ2) is 6.31. The summed E-state index contributed by atoms with van der Waals surface area (Å²) >= 11 is 0. The topological polar surface area (TPSA) is 46.4 Å². The van der Waals surface area contributed by atoms with E-state index < -0.39 is 0 Å². The van der Waals surface area contributed by atoms with Gasteiger partial charge in [-0.15, -0.1) is 0 Å². The van der Waals surface area contributed by atoms with E-state index in [9.17, 15) is 10.1 Å². The summed E-state index contributed by atoms with van der Waals surface area (Å²) < 4.78 is 0. The molecular weight excluding hydrogens is 228 g/mol. The number of nitrogens with zero attached hydrogens (tertiary/aromatic N) is 2. The smallest absolute Gasteiger partial charge is 0.270 e. The van der Waals surface area contributed by atoms with Gasteiger partial charge in [-0.25, -0.2) is 0 Å². The van der Waals surface area contributed by atoms with Gasteiger partial charge in [-0.2, -0.15) is 0 Å². The second-order valence-corrected chi connectivity index (χ2v) is 4.71. The van der Waals surface area contributed by atoms with E-state index in [0.717, 1.165) is 17.7 Å². The molecule has 1 aromatic rings. The summed E-state index contributed by atoms with van der Waals surface area (Å²) in [4.78, 5) is 12.6. The van der Waals surface area contributed by atoms with Gasteiger partial charge in [0.2, 0.25) is 0 Å². The van der Waals surface area contributed by atoms with E-state index in [1.54, 1.807) is 12.1 Å². The fourth-order valence-corrected chi connectivity index (χ4v) is 2.18. The lowest BCUT2D eigenvalue weighted by Gasteiger charge is -2.20. The number of hydrogen-bond donors (Lipinski definition) is 0. The molecule has 18 heavy (non-hydrogen) atoms. The first-order chi connectivity index (χ1) is 8.45. The summed E-state index contributed by atoms with van der Waals surface area (Å²) in [5.41, 5.74) is 2.22. The minimum absolute atomic E-state index is 0.143. The Morgan fingerprint density at radius 1 is 1.50 bits per heavy atom. The summed E-state index contributed by atoms with van der Waals surface area (Å²) in [6.45, 7) is 5.02. The summed E-state index contributed by atoms with van der Waals surface area (Å²) in [5, 5.41) is 10.8. The van der Waals surface area contributed by atoms with Crippen molar-refractivity contribution >= 4 is 11.3 Å². The maximum absolute atomic E-state index is 10.8. The van der Waals surface area contributed by atoms with Crippen LogP contribution in [0, 0.1) is 16.0 Å². The van der Waals surface area contributed by atoms with Gasteiger partial charge in [0.25, 0.3) is 5.69 Å². The highest BCUT2D eigenvalue weighted by Gasteiger charge is 2.14. The molecular formula is C14H20N2O2. The lowest BCUT2D eigenvalue weighted by Crippen LogP contribution is -2.20. The molecule has 1 atom stereocenters. The molecule has 0 amide bonds. The van der Waals surface area contributed by atoms with Crippen LogP contribution >= 0.6 is 0 Å². The van der Waals surface area contributed by atoms with Crippen molar-refractivity contribution in [1.29, 1.82) is 0 Å². The Labute approximate surface area is 108 Å². The molecule has 4 nitrogen and oxygen atoms in total. The van der Waals surface area contributed by atoms with Crippen LogP contribution in [0.1, 0.15) is 19.4 Å². The maximum Gasteiger partial charge on any atom is 0.270 e. The molecule has 0 heterocycles. The monoisotopic (exact) mass is 248 g/mol. The van der Waals surface area contributed by atoms with Crippen LogP contribution in [0.4, 0.5) is 5.69 Å². The predicted molar refractivity (Wildman–Crippen MR) is 74.5 cm³/mol. The van der Waals surface area contributed by atoms with E-state index in [1.165, 1.54) is 6.07 Å². The average Bonchev–Trinajstić information content (AvgIpc) is 2.29. The molecule has 0 aliphatic heterocycles. The van der Waals surface area contributed by atoms with Crippen molar-refractivity contribution in [2.45, 2.75) is 13.8 Å². The van der Waals surface area contributed by atoms with Crippen LogP contribution in [0.5, 0.6) is 0 Å². The van der Waals surface area contributed by atoms with Crippen molar-refractivity contribution in [3.05, 3.63) is 46.0 Å². The van der Waals surface area contributed by atoms with Gasteiger partial charge in [0.15, 0.2) is 0 Å². The third kappa shape index (κ3) is 3.67. The maximum atomic E-state index is 10.8. The lowest BCUT2D eigenvalue weighted by molar-refractivity contribution is -0.384. The molecule has 0 aromatic heterocycles. The average molecular weight is 248 g/mol. The van der Waals surface area contributed by atoms with E-state index in [4.69, 9.17) is 0 Å². The number of hydrogen-bond acceptors (Lipinski definition) is 3. The summed E-state index contributed by atoms with van der Waals surface area (Å²) in [6.07, 6.45) is 2.03. The van der Waals surface area contributed by atoms with Crippen LogP contribution in [0.15, 0.2) is 30.3 Å². The van der Waals surface area contributed by atoms with Crippen LogP contribution in [0.25, 0.3) is 5.57 Å². The van der Waals surface area contributed by atoms with Gasteiger partial charge >= 0.3 is 0 Å². The summed E-state index contributed by atoms with van der Waals surface area (Å²) in [5.74, 6) is 0.340. The third-order valence-electron chi connectivity index (χ3n) is 2.87. The number of rotatable bonds is 5. The Morgan fingerprint density at radius 2 is 2.17 bits per heavy atom. The van der Waals surface area contributed by atoms with Crippen LogP contribution in [0.3, 0.4) is 0 Å². The number of nitro groups is 1. The minimum atomic E-state index is -0.354. The highest BCUT2D eigenvalue weighted by molar-refractivity contribution is 5.68. The molecule has 0 unspecified atom stereocenters. The Kier molecular flexibility index (Phi) is 5.04. The Balaban J connectivity index is 3.03. The number of non-ortho nitro benzene ring substituents is 1. The fourth-order valence-electron chi connectivity index (χ4n) is 2.18. The molecule has 0 N–H and O–H groups in total. The lowest BCUT2D eigenvalue weighted by atomic mass is 9.93. The van der Waals surface area contributed by atoms with Crippen molar-refractivity contribution in [1.82, 2.24) is 4.90 Å². The predicted octanol–water partition coefficient (Wildman–Crippen LogP) is 3.20. The highest BCUT2D eigenvalue weighted by atomic mass is 16.6. The van der Waals surface area contributed by atoms with Crippen LogP contribution in [-0.4, -0.2) is 30.5 Å². The van der Waals surface area contributed by atoms with Crippen molar-refractivity contribution in [3.8, 4) is 0 Å². The largest absolute Gasteiger partial charge is 0.309 e. The van der Waals surface area contributed by atoms with Gasteiger partial charge < -0.3 is 4.90 Å². The number of benzene rings is 1. The van der Waals surface area contributed by atoms with E-state index in [0.29, 0.717) is 5.92 Å². The molecule has 0 fully saturated rings. The SMILES string of the molecule is CC=C(c1cccc([N+](=O)[O-])c1)[C@@H](C)CN(C)C. The van der Waals surface area contributed by atoms with Gasteiger partial charge in [0.1, 0.15) is 0 Å². The molecule has 98 valence electrons. The van der Waals surface area contributed by atoms with Gasteiger partial charge in [-0.1, -0.05) is 25.1 Å². The molecule has 1 rings (SSSR count). The van der Waals surface area contributed by atoms with Gasteiger partial charge in [-0.3, -0.25) is 10.1 Å². The Morgan fingerprint density at radius 3 is 2.67 bits per heavy atom. The van der Waals surface area contributed by atoms with Crippen LogP contribution < -0.4 is 0 Å². The van der Waals surface area contributed by atoms with Crippen molar-refractivity contribution in [3.63, 3.8) is 0 Å². The van der Waals surface area contributed by atoms with Crippen molar-refractivity contribution < 1.29 is 4.92 Å². The molecule has 1 aromatic carbocycles. The molecule has 0 spiro atoms. The van der Waals surface area contributed by atoms with Gasteiger partial charge in [0, 0.05) is 18.7 Å². The first kappa shape index (κ1) is 14.4. The quantitative estimate of drug-likeness (QED) is 0.594. The fraction of sp³-hybridized carbons (Fsp3) is 0.429. The standard InChI is InChI=1S/C14H20N2O2/c1-5-14(11(2)10-15(3)4)12-7-6-8-13(9-12)16(17)18/h5-9,11H,10H2,1-4H3/t11-/m0/s1. The van der Waals surface area contributed by atoms with Gasteiger partial charge in [-0.05, 0) is 38.1 Å². The minimum Gasteiger partial charge on any atom is -0.309 e. The van der Waals surface area contributed by atoms with E-state index in [-0.39, 0.29) is 10.6 Å². The zero-order chi connectivity index (χ0) is 13.7. The zero-order valence-corrected chi connectivity index (χ0v) is 11.4. The third-order valence-corrected chi connectivity index (χ3v) is 2.87. The van der Waals surface area contributed by atoms with Crippen LogP contribution in [0.2, 0.25) is 0 Å². The molecule has 0 saturated heterocycles. The number of nitro benzene ring substituents is 1. The molecule has 0 aliphatic rings. The van der Waals surface area contributed by atoms with E-state index in [1.807, 2.05) is 33.2 Å². The van der Waals surface area contributed by atoms with E-state index >= 15 is 0 Å². The zero-order valence-electron chi connectivity index (χ0n) is 11.4. The second-order valence-electron chi connectivity index (χ2n) is 4.71. The highest BCUT2D eigenvalue weighted by Crippen LogP contribution is 2.26. The molecule has 0 radical (unpaired) electrons. The van der Waals surface area contributed by atoms with Gasteiger partial charge in [0.05, 0.1) is 4.92 Å². The first-order valence-electron chi connectivity index (χ1n) is 6.01.